The molecule has 1 amide bonds. The Hall–Kier alpha value is -1.75. The highest BCUT2D eigenvalue weighted by Gasteiger charge is 2.27. The molecule has 4 N–H and O–H groups in total. The normalized spacial score (nSPS) is 22.1. The number of rotatable bonds is 5. The zero-order chi connectivity index (χ0) is 13.0. The fourth-order valence-electron chi connectivity index (χ4n) is 1.89. The zero-order valence-electron chi connectivity index (χ0n) is 10.1. The van der Waals surface area contributed by atoms with E-state index in [4.69, 9.17) is 15.6 Å². The van der Waals surface area contributed by atoms with E-state index in [2.05, 4.69) is 5.32 Å². The highest BCUT2D eigenvalue weighted by molar-refractivity contribution is 5.77. The van der Waals surface area contributed by atoms with Crippen LogP contribution in [0.3, 0.4) is 0 Å². The van der Waals surface area contributed by atoms with Crippen molar-refractivity contribution in [1.82, 2.24) is 5.32 Å². The molecule has 0 unspecified atom stereocenters. The summed E-state index contributed by atoms with van der Waals surface area (Å²) in [6.07, 6.45) is 1.37. The van der Waals surface area contributed by atoms with E-state index in [0.717, 1.165) is 12.8 Å². The number of nitrogens with one attached hydrogen (secondary N) is 1. The average Bonchev–Trinajstić information content (AvgIpc) is 2.32. The number of benzene rings is 1. The second-order valence-electron chi connectivity index (χ2n) is 4.65. The maximum Gasteiger partial charge on any atom is 0.257 e. The van der Waals surface area contributed by atoms with Crippen molar-refractivity contribution in [2.24, 2.45) is 5.92 Å². The van der Waals surface area contributed by atoms with Gasteiger partial charge in [-0.05, 0) is 43.0 Å². The van der Waals surface area contributed by atoms with E-state index in [0.29, 0.717) is 23.9 Å². The molecule has 2 rings (SSSR count). The molecule has 1 saturated carbocycles. The van der Waals surface area contributed by atoms with E-state index < -0.39 is 0 Å². The fourth-order valence-corrected chi connectivity index (χ4v) is 1.89. The number of amides is 1. The molecule has 0 atom stereocenters. The number of anilines is 1. The Morgan fingerprint density at radius 3 is 2.67 bits per heavy atom. The zero-order valence-corrected chi connectivity index (χ0v) is 10.1. The highest BCUT2D eigenvalue weighted by atomic mass is 16.5. The molecular formula is C13H18N2O3. The van der Waals surface area contributed by atoms with Gasteiger partial charge in [0.2, 0.25) is 0 Å². The predicted molar refractivity (Wildman–Crippen MR) is 68.1 cm³/mol. The number of nitrogen functional groups attached to an aromatic ring is 1. The molecule has 0 bridgehead atoms. The molecule has 0 aromatic heterocycles. The van der Waals surface area contributed by atoms with Gasteiger partial charge in [0.15, 0.2) is 6.61 Å². The maximum atomic E-state index is 11.5. The minimum absolute atomic E-state index is 0.000802. The van der Waals surface area contributed by atoms with Gasteiger partial charge >= 0.3 is 0 Å². The monoisotopic (exact) mass is 250 g/mol. The van der Waals surface area contributed by atoms with Crippen molar-refractivity contribution in [2.45, 2.75) is 18.9 Å². The van der Waals surface area contributed by atoms with Gasteiger partial charge in [0, 0.05) is 12.2 Å². The fraction of sp³-hybridized carbons (Fsp3) is 0.462. The minimum atomic E-state index is -0.182. The lowest BCUT2D eigenvalue weighted by molar-refractivity contribution is -0.123. The van der Waals surface area contributed by atoms with Crippen LogP contribution in [-0.2, 0) is 4.79 Å². The van der Waals surface area contributed by atoms with E-state index in [1.807, 2.05) is 0 Å². The first-order valence-corrected chi connectivity index (χ1v) is 6.06. The Morgan fingerprint density at radius 1 is 1.39 bits per heavy atom. The van der Waals surface area contributed by atoms with Crippen LogP contribution in [0.1, 0.15) is 12.8 Å². The van der Waals surface area contributed by atoms with E-state index in [1.54, 1.807) is 24.3 Å². The SMILES string of the molecule is Nc1ccc(OCC(=O)NCC2CC(O)C2)cc1. The third kappa shape index (κ3) is 3.63. The van der Waals surface area contributed by atoms with Gasteiger partial charge in [0.1, 0.15) is 5.75 Å². The van der Waals surface area contributed by atoms with Crippen LogP contribution < -0.4 is 15.8 Å². The molecule has 1 aromatic carbocycles. The summed E-state index contributed by atoms with van der Waals surface area (Å²) in [4.78, 5) is 11.5. The second-order valence-corrected chi connectivity index (χ2v) is 4.65. The molecule has 1 aromatic rings. The summed E-state index contributed by atoms with van der Waals surface area (Å²) in [6.45, 7) is 0.611. The van der Waals surface area contributed by atoms with E-state index in [9.17, 15) is 4.79 Å². The number of carbonyl (C=O) groups is 1. The van der Waals surface area contributed by atoms with Crippen molar-refractivity contribution >= 4 is 11.6 Å². The molecule has 0 spiro atoms. The van der Waals surface area contributed by atoms with Crippen LogP contribution in [0.25, 0.3) is 0 Å². The number of carbonyl (C=O) groups excluding carboxylic acids is 1. The quantitative estimate of drug-likeness (QED) is 0.666. The highest BCUT2D eigenvalue weighted by Crippen LogP contribution is 2.25. The second kappa shape index (κ2) is 5.73. The van der Waals surface area contributed by atoms with Gasteiger partial charge in [0.25, 0.3) is 5.91 Å². The van der Waals surface area contributed by atoms with Gasteiger partial charge in [-0.1, -0.05) is 0 Å². The van der Waals surface area contributed by atoms with E-state index in [1.165, 1.54) is 0 Å². The summed E-state index contributed by atoms with van der Waals surface area (Å²) in [7, 11) is 0. The molecule has 1 aliphatic rings. The molecule has 0 aliphatic heterocycles. The third-order valence-corrected chi connectivity index (χ3v) is 3.05. The Labute approximate surface area is 106 Å². The predicted octanol–water partition coefficient (Wildman–Crippen LogP) is 0.535. The first kappa shape index (κ1) is 12.7. The Balaban J connectivity index is 1.64. The number of aliphatic hydroxyl groups is 1. The molecular weight excluding hydrogens is 232 g/mol. The Kier molecular flexibility index (Phi) is 4.04. The third-order valence-electron chi connectivity index (χ3n) is 3.05. The molecule has 98 valence electrons. The van der Waals surface area contributed by atoms with Gasteiger partial charge in [-0.15, -0.1) is 0 Å². The summed E-state index contributed by atoms with van der Waals surface area (Å²) < 4.78 is 5.31. The first-order valence-electron chi connectivity index (χ1n) is 6.06. The van der Waals surface area contributed by atoms with E-state index >= 15 is 0 Å². The molecule has 5 nitrogen and oxygen atoms in total. The minimum Gasteiger partial charge on any atom is -0.484 e. The van der Waals surface area contributed by atoms with Crippen molar-refractivity contribution in [3.63, 3.8) is 0 Å². The van der Waals surface area contributed by atoms with E-state index in [-0.39, 0.29) is 18.6 Å². The smallest absolute Gasteiger partial charge is 0.257 e. The lowest BCUT2D eigenvalue weighted by atomic mass is 9.82. The number of nitrogens with two attached hydrogens (primary N) is 1. The van der Waals surface area contributed by atoms with Gasteiger partial charge in [0.05, 0.1) is 6.10 Å². The van der Waals surface area contributed by atoms with Crippen LogP contribution in [0, 0.1) is 5.92 Å². The Morgan fingerprint density at radius 2 is 2.06 bits per heavy atom. The molecule has 0 heterocycles. The van der Waals surface area contributed by atoms with Gasteiger partial charge in [-0.3, -0.25) is 4.79 Å². The van der Waals surface area contributed by atoms with Gasteiger partial charge < -0.3 is 20.9 Å². The van der Waals surface area contributed by atoms with Crippen molar-refractivity contribution in [3.05, 3.63) is 24.3 Å². The van der Waals surface area contributed by atoms with Crippen molar-refractivity contribution in [1.29, 1.82) is 0 Å². The number of hydrogen-bond acceptors (Lipinski definition) is 4. The lowest BCUT2D eigenvalue weighted by Crippen LogP contribution is -2.39. The number of aliphatic hydroxyl groups excluding tert-OH is 1. The summed E-state index contributed by atoms with van der Waals surface area (Å²) in [5.41, 5.74) is 6.20. The van der Waals surface area contributed by atoms with Crippen molar-refractivity contribution < 1.29 is 14.6 Å². The number of ether oxygens (including phenoxy) is 1. The van der Waals surface area contributed by atoms with Crippen LogP contribution >= 0.6 is 0 Å². The Bertz CT molecular complexity index is 399. The van der Waals surface area contributed by atoms with Crippen LogP contribution in [0.2, 0.25) is 0 Å². The summed E-state index contributed by atoms with van der Waals surface area (Å²) in [6, 6.07) is 6.90. The molecule has 0 radical (unpaired) electrons. The first-order chi connectivity index (χ1) is 8.63. The lowest BCUT2D eigenvalue weighted by Gasteiger charge is -2.31. The summed E-state index contributed by atoms with van der Waals surface area (Å²) >= 11 is 0. The van der Waals surface area contributed by atoms with Crippen LogP contribution in [0.5, 0.6) is 5.75 Å². The molecule has 1 fully saturated rings. The van der Waals surface area contributed by atoms with Crippen molar-refractivity contribution in [2.75, 3.05) is 18.9 Å². The molecule has 5 heteroatoms. The van der Waals surface area contributed by atoms with Crippen LogP contribution in [0.4, 0.5) is 5.69 Å². The topological polar surface area (TPSA) is 84.6 Å². The largest absolute Gasteiger partial charge is 0.484 e. The summed E-state index contributed by atoms with van der Waals surface area (Å²) in [5.74, 6) is 0.882. The number of hydrogen-bond donors (Lipinski definition) is 3. The maximum absolute atomic E-state index is 11.5. The van der Waals surface area contributed by atoms with Gasteiger partial charge in [-0.25, -0.2) is 0 Å². The molecule has 18 heavy (non-hydrogen) atoms. The van der Waals surface area contributed by atoms with Gasteiger partial charge in [-0.2, -0.15) is 0 Å². The van der Waals surface area contributed by atoms with Crippen LogP contribution in [-0.4, -0.2) is 30.3 Å². The molecule has 0 saturated heterocycles. The van der Waals surface area contributed by atoms with Crippen LogP contribution in [0.15, 0.2) is 24.3 Å². The molecule has 1 aliphatic carbocycles. The summed E-state index contributed by atoms with van der Waals surface area (Å²) in [5, 5.41) is 11.9. The standard InChI is InChI=1S/C13H18N2O3/c14-10-1-3-12(4-2-10)18-8-13(17)15-7-9-5-11(16)6-9/h1-4,9,11,16H,5-8,14H2,(H,15,17). The van der Waals surface area contributed by atoms with Crippen molar-refractivity contribution in [3.8, 4) is 5.75 Å². The average molecular weight is 250 g/mol.